The maximum absolute atomic E-state index is 5.60. The van der Waals surface area contributed by atoms with Crippen LogP contribution in [-0.4, -0.2) is 13.2 Å². The minimum absolute atomic E-state index is 0.251. The van der Waals surface area contributed by atoms with Crippen LogP contribution in [0.2, 0.25) is 0 Å². The van der Waals surface area contributed by atoms with Gasteiger partial charge < -0.3 is 9.47 Å². The van der Waals surface area contributed by atoms with Gasteiger partial charge in [-0.05, 0) is 42.3 Å². The topological polar surface area (TPSA) is 18.5 Å². The first-order valence-corrected chi connectivity index (χ1v) is 8.43. The third kappa shape index (κ3) is 4.77. The Kier molecular flexibility index (Phi) is 6.72. The molecule has 2 nitrogen and oxygen atoms in total. The van der Waals surface area contributed by atoms with E-state index in [1.54, 1.807) is 0 Å². The minimum atomic E-state index is -0.716. The number of benzene rings is 2. The van der Waals surface area contributed by atoms with Crippen molar-refractivity contribution in [1.82, 2.24) is 0 Å². The van der Waals surface area contributed by atoms with Crippen molar-refractivity contribution >= 4 is 25.3 Å². The van der Waals surface area contributed by atoms with Crippen LogP contribution < -0.4 is 9.47 Å². The van der Waals surface area contributed by atoms with Crippen LogP contribution in [-0.2, 0) is 4.08 Å². The van der Waals surface area contributed by atoms with E-state index in [1.165, 1.54) is 0 Å². The van der Waals surface area contributed by atoms with Gasteiger partial charge in [-0.3, -0.25) is 0 Å². The Morgan fingerprint density at radius 2 is 1.46 bits per heavy atom. The molecule has 0 aliphatic heterocycles. The molecule has 4 heteroatoms. The lowest BCUT2D eigenvalue weighted by Gasteiger charge is -2.24. The molecule has 0 spiro atoms. The van der Waals surface area contributed by atoms with Gasteiger partial charge in [-0.1, -0.05) is 42.3 Å². The zero-order valence-corrected chi connectivity index (χ0v) is 15.3. The Labute approximate surface area is 154 Å². The summed E-state index contributed by atoms with van der Waals surface area (Å²) in [7, 11) is 0. The van der Waals surface area contributed by atoms with E-state index in [1.807, 2.05) is 67.6 Å². The highest BCUT2D eigenvalue weighted by Gasteiger charge is 2.25. The van der Waals surface area contributed by atoms with Gasteiger partial charge >= 0.3 is 0 Å². The Bertz CT molecular complexity index is 711. The maximum Gasteiger partial charge on any atom is 0.148 e. The molecule has 0 aliphatic rings. The van der Waals surface area contributed by atoms with E-state index >= 15 is 0 Å². The molecular weight excluding hydrogens is 336 g/mol. The van der Waals surface area contributed by atoms with Crippen LogP contribution in [0.5, 0.6) is 11.5 Å². The fraction of sp³-hybridized carbons (Fsp3) is 0.200. The van der Waals surface area contributed by atoms with E-state index in [9.17, 15) is 0 Å². The number of hydrogen-bond donors (Lipinski definition) is 2. The van der Waals surface area contributed by atoms with E-state index in [4.69, 9.17) is 41.2 Å². The van der Waals surface area contributed by atoms with Gasteiger partial charge in [0.2, 0.25) is 0 Å². The molecule has 24 heavy (non-hydrogen) atoms. The number of thiol groups is 2. The summed E-state index contributed by atoms with van der Waals surface area (Å²) in [5.41, 5.74) is 1.91. The largest absolute Gasteiger partial charge is 0.490 e. The molecule has 0 heterocycles. The van der Waals surface area contributed by atoms with Gasteiger partial charge in [0.05, 0.1) is 0 Å². The quantitative estimate of drug-likeness (QED) is 0.324. The zero-order chi connectivity index (χ0) is 17.4. The Morgan fingerprint density at radius 1 is 0.958 bits per heavy atom. The molecule has 0 amide bonds. The summed E-state index contributed by atoms with van der Waals surface area (Å²) in [5, 5.41) is 0. The number of rotatable bonds is 7. The van der Waals surface area contributed by atoms with Gasteiger partial charge in [0, 0.05) is 0 Å². The lowest BCUT2D eigenvalue weighted by Crippen LogP contribution is -2.12. The fourth-order valence-corrected chi connectivity index (χ4v) is 2.70. The Morgan fingerprint density at radius 3 is 1.92 bits per heavy atom. The molecule has 124 valence electrons. The fourth-order valence-electron chi connectivity index (χ4n) is 2.10. The molecule has 0 N–H and O–H groups in total. The third-order valence-corrected chi connectivity index (χ3v) is 4.45. The number of ether oxygens (including phenoxy) is 2. The van der Waals surface area contributed by atoms with Crippen molar-refractivity contribution in [3.63, 3.8) is 0 Å². The Balaban J connectivity index is 2.12. The van der Waals surface area contributed by atoms with Crippen molar-refractivity contribution in [2.45, 2.75) is 11.0 Å². The standard InChI is InChI=1S/C20H20O2S2/c1-3-5-15-22-19-12-8-17(9-13-19)20(23,24)16-6-10-18(11-7-16)21-14-4-2/h2-3,5-13,23-24H,14-15H2,1H3/b5-3+. The van der Waals surface area contributed by atoms with Crippen LogP contribution in [0.15, 0.2) is 60.7 Å². The van der Waals surface area contributed by atoms with Gasteiger partial charge in [0.1, 0.15) is 28.8 Å². The summed E-state index contributed by atoms with van der Waals surface area (Å²) in [5.74, 6) is 3.98. The van der Waals surface area contributed by atoms with Gasteiger partial charge in [-0.25, -0.2) is 0 Å². The van der Waals surface area contributed by atoms with Gasteiger partial charge in [-0.15, -0.1) is 6.42 Å². The van der Waals surface area contributed by atoms with E-state index in [-0.39, 0.29) is 6.61 Å². The first-order valence-electron chi connectivity index (χ1n) is 7.54. The summed E-state index contributed by atoms with van der Waals surface area (Å²) in [4.78, 5) is 0. The minimum Gasteiger partial charge on any atom is -0.490 e. The molecule has 2 aromatic carbocycles. The molecule has 0 radical (unpaired) electrons. The van der Waals surface area contributed by atoms with Crippen molar-refractivity contribution in [2.24, 2.45) is 0 Å². The summed E-state index contributed by atoms with van der Waals surface area (Å²) >= 11 is 9.46. The SMILES string of the molecule is C#CCOc1ccc(C(S)(S)c2ccc(OC/C=C/C)cc2)cc1. The molecule has 2 aromatic rings. The molecule has 0 aliphatic carbocycles. The normalized spacial score (nSPS) is 11.2. The summed E-state index contributed by atoms with van der Waals surface area (Å²) < 4.78 is 10.3. The van der Waals surface area contributed by atoms with Crippen LogP contribution in [0.25, 0.3) is 0 Å². The van der Waals surface area contributed by atoms with Crippen LogP contribution in [0, 0.1) is 12.3 Å². The smallest absolute Gasteiger partial charge is 0.148 e. The zero-order valence-electron chi connectivity index (χ0n) is 13.5. The second-order valence-corrected chi connectivity index (χ2v) is 6.79. The van der Waals surface area contributed by atoms with E-state index in [2.05, 4.69) is 5.92 Å². The summed E-state index contributed by atoms with van der Waals surface area (Å²) in [6, 6.07) is 15.4. The second-order valence-electron chi connectivity index (χ2n) is 5.09. The van der Waals surface area contributed by atoms with E-state index < -0.39 is 4.08 Å². The molecule has 0 saturated heterocycles. The lowest BCUT2D eigenvalue weighted by atomic mass is 10.0. The highest BCUT2D eigenvalue weighted by atomic mass is 32.2. The first kappa shape index (κ1) is 18.4. The number of terminal acetylenes is 1. The van der Waals surface area contributed by atoms with Crippen LogP contribution in [0.1, 0.15) is 18.1 Å². The molecule has 0 bridgehead atoms. The number of hydrogen-bond acceptors (Lipinski definition) is 4. The van der Waals surface area contributed by atoms with Crippen LogP contribution in [0.3, 0.4) is 0 Å². The lowest BCUT2D eigenvalue weighted by molar-refractivity contribution is 0.362. The van der Waals surface area contributed by atoms with Crippen molar-refractivity contribution < 1.29 is 9.47 Å². The van der Waals surface area contributed by atoms with Crippen molar-refractivity contribution in [3.05, 3.63) is 71.8 Å². The second kappa shape index (κ2) is 8.77. The molecule has 0 atom stereocenters. The predicted octanol–water partition coefficient (Wildman–Crippen LogP) is 4.71. The summed E-state index contributed by atoms with van der Waals surface area (Å²) in [6.07, 6.45) is 9.10. The average molecular weight is 357 g/mol. The van der Waals surface area contributed by atoms with Crippen LogP contribution >= 0.6 is 25.3 Å². The monoisotopic (exact) mass is 356 g/mol. The van der Waals surface area contributed by atoms with Gasteiger partial charge in [-0.2, -0.15) is 25.3 Å². The molecule has 0 saturated carbocycles. The Hall–Kier alpha value is -1.96. The van der Waals surface area contributed by atoms with E-state index in [0.29, 0.717) is 6.61 Å². The van der Waals surface area contributed by atoms with Gasteiger partial charge in [0.25, 0.3) is 0 Å². The first-order chi connectivity index (χ1) is 11.6. The highest BCUT2D eigenvalue weighted by molar-refractivity contribution is 8.00. The van der Waals surface area contributed by atoms with Crippen LogP contribution in [0.4, 0.5) is 0 Å². The van der Waals surface area contributed by atoms with Crippen molar-refractivity contribution in [3.8, 4) is 23.8 Å². The molecule has 2 rings (SSSR count). The van der Waals surface area contributed by atoms with Gasteiger partial charge in [0.15, 0.2) is 0 Å². The molecule has 0 unspecified atom stereocenters. The molecule has 0 fully saturated rings. The number of allylic oxidation sites excluding steroid dienone is 1. The average Bonchev–Trinajstić information content (AvgIpc) is 2.61. The third-order valence-electron chi connectivity index (χ3n) is 3.42. The maximum atomic E-state index is 5.60. The molecular formula is C20H20O2S2. The van der Waals surface area contributed by atoms with E-state index in [0.717, 1.165) is 22.6 Å². The molecule has 0 aromatic heterocycles. The predicted molar refractivity (Wildman–Crippen MR) is 106 cm³/mol. The van der Waals surface area contributed by atoms with Crippen molar-refractivity contribution in [2.75, 3.05) is 13.2 Å². The highest BCUT2D eigenvalue weighted by Crippen LogP contribution is 2.40. The van der Waals surface area contributed by atoms with Crippen molar-refractivity contribution in [1.29, 1.82) is 0 Å². The summed E-state index contributed by atoms with van der Waals surface area (Å²) in [6.45, 7) is 2.77.